The Hall–Kier alpha value is -1.70. The quantitative estimate of drug-likeness (QED) is 0.625. The van der Waals surface area contributed by atoms with Crippen molar-refractivity contribution in [2.24, 2.45) is 0 Å². The molecule has 0 aliphatic heterocycles. The van der Waals surface area contributed by atoms with Crippen molar-refractivity contribution in [2.75, 3.05) is 0 Å². The third kappa shape index (κ3) is 1.32. The summed E-state index contributed by atoms with van der Waals surface area (Å²) < 4.78 is 0. The molecular weight excluding hydrogens is 148 g/mol. The van der Waals surface area contributed by atoms with E-state index in [2.05, 4.69) is 22.5 Å². The standard InChI is InChI=1S/C10H6N2/c1-2-4-9(5-3-1)10-6-7-11-8-12-10/h1-6H. The Bertz CT molecular complexity index is 305. The lowest BCUT2D eigenvalue weighted by atomic mass is 10.1. The minimum Gasteiger partial charge on any atom is -0.225 e. The zero-order valence-corrected chi connectivity index (χ0v) is 6.36. The van der Waals surface area contributed by atoms with Crippen LogP contribution >= 0.6 is 0 Å². The van der Waals surface area contributed by atoms with Crippen LogP contribution in [0.25, 0.3) is 11.3 Å². The zero-order chi connectivity index (χ0) is 8.23. The van der Waals surface area contributed by atoms with Gasteiger partial charge in [0.1, 0.15) is 0 Å². The first-order chi connectivity index (χ1) is 5.97. The molecule has 0 spiro atoms. The van der Waals surface area contributed by atoms with E-state index in [-0.39, 0.29) is 0 Å². The summed E-state index contributed by atoms with van der Waals surface area (Å²) >= 11 is 0. The van der Waals surface area contributed by atoms with Crippen LogP contribution < -0.4 is 0 Å². The van der Waals surface area contributed by atoms with Gasteiger partial charge in [0, 0.05) is 5.56 Å². The molecule has 1 aromatic carbocycles. The fourth-order valence-corrected chi connectivity index (χ4v) is 0.990. The second kappa shape index (κ2) is 3.13. The van der Waals surface area contributed by atoms with Crippen molar-refractivity contribution < 1.29 is 0 Å². The van der Waals surface area contributed by atoms with Crippen molar-refractivity contribution in [3.8, 4) is 11.3 Å². The van der Waals surface area contributed by atoms with Crippen LogP contribution in [0.5, 0.6) is 0 Å². The van der Waals surface area contributed by atoms with E-state index in [0.29, 0.717) is 0 Å². The molecular formula is C10H6N2. The SMILES string of the molecule is [c]1cc(-c2ccccc2)n[c]n1. The molecule has 0 saturated heterocycles. The fourth-order valence-electron chi connectivity index (χ4n) is 0.990. The van der Waals surface area contributed by atoms with Crippen LogP contribution in [0.4, 0.5) is 0 Å². The van der Waals surface area contributed by atoms with Gasteiger partial charge >= 0.3 is 0 Å². The molecule has 0 aliphatic carbocycles. The van der Waals surface area contributed by atoms with E-state index >= 15 is 0 Å². The summed E-state index contributed by atoms with van der Waals surface area (Å²) in [7, 11) is 0. The highest BCUT2D eigenvalue weighted by atomic mass is 14.8. The summed E-state index contributed by atoms with van der Waals surface area (Å²) in [6.07, 6.45) is 5.20. The summed E-state index contributed by atoms with van der Waals surface area (Å²) in [6, 6.07) is 11.6. The van der Waals surface area contributed by atoms with Crippen LogP contribution in [0.15, 0.2) is 36.4 Å². The van der Waals surface area contributed by atoms with Gasteiger partial charge in [-0.15, -0.1) is 0 Å². The number of hydrogen-bond donors (Lipinski definition) is 0. The van der Waals surface area contributed by atoms with E-state index in [4.69, 9.17) is 0 Å². The van der Waals surface area contributed by atoms with Crippen LogP contribution in [0.2, 0.25) is 0 Å². The molecule has 12 heavy (non-hydrogen) atoms. The van der Waals surface area contributed by atoms with E-state index in [1.807, 2.05) is 30.3 Å². The van der Waals surface area contributed by atoms with Gasteiger partial charge in [-0.3, -0.25) is 0 Å². The molecule has 0 bridgehead atoms. The predicted octanol–water partition coefficient (Wildman–Crippen LogP) is 1.74. The first kappa shape index (κ1) is 6.98. The molecule has 1 heterocycles. The molecule has 0 fully saturated rings. The van der Waals surface area contributed by atoms with Crippen LogP contribution in [0.3, 0.4) is 0 Å². The maximum atomic E-state index is 3.98. The van der Waals surface area contributed by atoms with Gasteiger partial charge < -0.3 is 0 Å². The highest BCUT2D eigenvalue weighted by molar-refractivity contribution is 5.57. The molecule has 2 rings (SSSR count). The van der Waals surface area contributed by atoms with Crippen molar-refractivity contribution in [3.63, 3.8) is 0 Å². The monoisotopic (exact) mass is 154 g/mol. The van der Waals surface area contributed by atoms with Crippen molar-refractivity contribution in [3.05, 3.63) is 48.9 Å². The molecule has 2 radical (unpaired) electrons. The number of nitrogens with zero attached hydrogens (tertiary/aromatic N) is 2. The first-order valence-electron chi connectivity index (χ1n) is 3.63. The lowest BCUT2D eigenvalue weighted by Gasteiger charge is -1.96. The molecule has 0 N–H and O–H groups in total. The molecule has 2 heteroatoms. The van der Waals surface area contributed by atoms with Crippen LogP contribution in [-0.4, -0.2) is 9.97 Å². The molecule has 2 aromatic rings. The molecule has 0 saturated carbocycles. The lowest BCUT2D eigenvalue weighted by Crippen LogP contribution is -1.83. The molecule has 1 aromatic heterocycles. The minimum absolute atomic E-state index is 0.852. The summed E-state index contributed by atoms with van der Waals surface area (Å²) in [5.41, 5.74) is 1.91. The second-order valence-corrected chi connectivity index (χ2v) is 2.35. The largest absolute Gasteiger partial charge is 0.225 e. The third-order valence-corrected chi connectivity index (χ3v) is 1.56. The van der Waals surface area contributed by atoms with Gasteiger partial charge in [-0.2, -0.15) is 0 Å². The number of aromatic nitrogens is 2. The molecule has 2 nitrogen and oxygen atoms in total. The smallest absolute Gasteiger partial charge is 0.198 e. The summed E-state index contributed by atoms with van der Waals surface area (Å²) in [5, 5.41) is 0. The lowest BCUT2D eigenvalue weighted by molar-refractivity contribution is 1.14. The summed E-state index contributed by atoms with van der Waals surface area (Å²) in [4.78, 5) is 7.59. The molecule has 0 amide bonds. The highest BCUT2D eigenvalue weighted by Crippen LogP contribution is 2.13. The summed E-state index contributed by atoms with van der Waals surface area (Å²) in [5.74, 6) is 0. The maximum absolute atomic E-state index is 3.98. The maximum Gasteiger partial charge on any atom is 0.198 e. The minimum atomic E-state index is 0.852. The molecule has 56 valence electrons. The average molecular weight is 154 g/mol. The van der Waals surface area contributed by atoms with Gasteiger partial charge in [-0.25, -0.2) is 9.97 Å². The Labute approximate surface area is 70.9 Å². The Morgan fingerprint density at radius 2 is 1.92 bits per heavy atom. The third-order valence-electron chi connectivity index (χ3n) is 1.56. The van der Waals surface area contributed by atoms with Gasteiger partial charge in [0.2, 0.25) is 0 Å². The Kier molecular flexibility index (Phi) is 1.82. The first-order valence-corrected chi connectivity index (χ1v) is 3.63. The Morgan fingerprint density at radius 3 is 2.58 bits per heavy atom. The van der Waals surface area contributed by atoms with E-state index in [1.165, 1.54) is 0 Å². The number of hydrogen-bond acceptors (Lipinski definition) is 2. The number of rotatable bonds is 1. The average Bonchev–Trinajstić information content (AvgIpc) is 2.21. The topological polar surface area (TPSA) is 25.8 Å². The van der Waals surface area contributed by atoms with Crippen molar-refractivity contribution >= 4 is 0 Å². The van der Waals surface area contributed by atoms with E-state index in [0.717, 1.165) is 11.3 Å². The molecule has 0 atom stereocenters. The van der Waals surface area contributed by atoms with Crippen molar-refractivity contribution in [2.45, 2.75) is 0 Å². The van der Waals surface area contributed by atoms with Gasteiger partial charge in [0.05, 0.1) is 11.9 Å². The van der Waals surface area contributed by atoms with Crippen LogP contribution in [-0.2, 0) is 0 Å². The number of benzene rings is 1. The van der Waals surface area contributed by atoms with Crippen molar-refractivity contribution in [1.29, 1.82) is 0 Å². The molecule has 0 aliphatic rings. The van der Waals surface area contributed by atoms with Gasteiger partial charge in [0.15, 0.2) is 6.33 Å². The zero-order valence-electron chi connectivity index (χ0n) is 6.36. The summed E-state index contributed by atoms with van der Waals surface area (Å²) in [6.45, 7) is 0. The van der Waals surface area contributed by atoms with Gasteiger partial charge in [-0.05, 0) is 6.07 Å². The van der Waals surface area contributed by atoms with E-state index in [9.17, 15) is 0 Å². The molecule has 0 unspecified atom stereocenters. The predicted molar refractivity (Wildman–Crippen MR) is 45.1 cm³/mol. The second-order valence-electron chi connectivity index (χ2n) is 2.35. The Morgan fingerprint density at radius 1 is 1.08 bits per heavy atom. The van der Waals surface area contributed by atoms with Crippen molar-refractivity contribution in [1.82, 2.24) is 9.97 Å². The van der Waals surface area contributed by atoms with E-state index in [1.54, 1.807) is 6.07 Å². The Balaban J connectivity index is 2.46. The van der Waals surface area contributed by atoms with Crippen LogP contribution in [0, 0.1) is 12.5 Å². The fraction of sp³-hybridized carbons (Fsp3) is 0. The van der Waals surface area contributed by atoms with E-state index < -0.39 is 0 Å². The van der Waals surface area contributed by atoms with Gasteiger partial charge in [-0.1, -0.05) is 30.3 Å². The normalized spacial score (nSPS) is 9.67. The highest BCUT2D eigenvalue weighted by Gasteiger charge is 1.94. The van der Waals surface area contributed by atoms with Gasteiger partial charge in [0.25, 0.3) is 0 Å². The van der Waals surface area contributed by atoms with Crippen LogP contribution in [0.1, 0.15) is 0 Å².